The van der Waals surface area contributed by atoms with Gasteiger partial charge >= 0.3 is 0 Å². The number of aryl methyl sites for hydroxylation is 2. The van der Waals surface area contributed by atoms with Gasteiger partial charge in [-0.15, -0.1) is 0 Å². The Labute approximate surface area is 195 Å². The second-order valence-corrected chi connectivity index (χ2v) is 9.24. The van der Waals surface area contributed by atoms with Gasteiger partial charge in [0, 0.05) is 19.6 Å². The van der Waals surface area contributed by atoms with Crippen LogP contribution >= 0.6 is 0 Å². The summed E-state index contributed by atoms with van der Waals surface area (Å²) in [7, 11) is 0. The van der Waals surface area contributed by atoms with E-state index in [2.05, 4.69) is 91.4 Å². The molecule has 176 valence electrons. The molecule has 2 aromatic carbocycles. The predicted molar refractivity (Wildman–Crippen MR) is 135 cm³/mol. The Hall–Kier alpha value is -2.33. The fraction of sp³-hybridized carbons (Fsp3) is 0.500. The molecular weight excluding hydrogens is 397 g/mol. The molecule has 2 aromatic rings. The zero-order valence-corrected chi connectivity index (χ0v) is 19.3. The summed E-state index contributed by atoms with van der Waals surface area (Å²) in [6, 6.07) is 17.1. The molecule has 1 fully saturated rings. The quantitative estimate of drug-likeness (QED) is 0.477. The van der Waals surface area contributed by atoms with E-state index in [0.29, 0.717) is 19.6 Å². The van der Waals surface area contributed by atoms with E-state index in [9.17, 15) is 4.39 Å². The largest absolute Gasteiger partial charge is 0.368 e. The van der Waals surface area contributed by atoms with Crippen molar-refractivity contribution in [2.24, 2.45) is 5.92 Å². The Balaban J connectivity index is 0.00000363. The van der Waals surface area contributed by atoms with Crippen molar-refractivity contribution in [1.29, 1.82) is 0 Å². The van der Waals surface area contributed by atoms with Crippen molar-refractivity contribution in [1.82, 2.24) is 15.5 Å². The smallest absolute Gasteiger partial charge is 0.133 e. The second kappa shape index (κ2) is 12.6. The normalized spacial score (nSPS) is 18.2. The summed E-state index contributed by atoms with van der Waals surface area (Å²) in [4.78, 5) is 2.12. The average molecular weight is 440 g/mol. The van der Waals surface area contributed by atoms with Gasteiger partial charge in [-0.2, -0.15) is 0 Å². The molecule has 0 aromatic heterocycles. The lowest BCUT2D eigenvalue weighted by Gasteiger charge is -2.39. The van der Waals surface area contributed by atoms with Crippen molar-refractivity contribution in [3.8, 4) is 0 Å². The fourth-order valence-electron chi connectivity index (χ4n) is 4.05. The summed E-state index contributed by atoms with van der Waals surface area (Å²) in [5.74, 6) is 1.51. The first-order valence-corrected chi connectivity index (χ1v) is 11.6. The highest BCUT2D eigenvalue weighted by Gasteiger charge is 2.31. The Morgan fingerprint density at radius 1 is 1.09 bits per heavy atom. The van der Waals surface area contributed by atoms with Crippen LogP contribution in [0.25, 0.3) is 0 Å². The molecule has 3 nitrogen and oxygen atoms in total. The van der Waals surface area contributed by atoms with Crippen LogP contribution in [0.1, 0.15) is 56.4 Å². The van der Waals surface area contributed by atoms with E-state index in [-0.39, 0.29) is 13.5 Å². The molecule has 1 heterocycles. The molecule has 1 aliphatic heterocycles. The summed E-state index contributed by atoms with van der Waals surface area (Å²) >= 11 is 0. The van der Waals surface area contributed by atoms with Crippen LogP contribution in [-0.2, 0) is 19.5 Å². The number of hydrogen-bond acceptors (Lipinski definition) is 3. The van der Waals surface area contributed by atoms with Crippen LogP contribution in [0.4, 0.5) is 4.39 Å². The highest BCUT2D eigenvalue weighted by Crippen LogP contribution is 2.22. The third-order valence-corrected chi connectivity index (χ3v) is 6.12. The monoisotopic (exact) mass is 439 g/mol. The van der Waals surface area contributed by atoms with Gasteiger partial charge in [-0.1, -0.05) is 81.9 Å². The minimum Gasteiger partial charge on any atom is -0.368 e. The Morgan fingerprint density at radius 2 is 1.72 bits per heavy atom. The van der Waals surface area contributed by atoms with Crippen LogP contribution in [-0.4, -0.2) is 30.2 Å². The number of piperidine rings is 1. The molecular formula is C28H42FN3. The number of halogens is 1. The first-order chi connectivity index (χ1) is 14.9. The summed E-state index contributed by atoms with van der Waals surface area (Å²) in [5, 5.41) is 6.62. The van der Waals surface area contributed by atoms with E-state index in [0.717, 1.165) is 31.1 Å². The van der Waals surface area contributed by atoms with E-state index in [1.807, 2.05) is 0 Å². The number of nitrogens with one attached hydrogen (secondary N) is 2. The van der Waals surface area contributed by atoms with Crippen molar-refractivity contribution >= 4 is 0 Å². The highest BCUT2D eigenvalue weighted by molar-refractivity contribution is 5.24. The summed E-state index contributed by atoms with van der Waals surface area (Å²) in [5.41, 5.74) is 5.00. The van der Waals surface area contributed by atoms with Crippen LogP contribution in [0.15, 0.2) is 60.9 Å². The van der Waals surface area contributed by atoms with Gasteiger partial charge in [0.15, 0.2) is 0 Å². The summed E-state index contributed by atoms with van der Waals surface area (Å²) in [6.07, 6.45) is 2.20. The van der Waals surface area contributed by atoms with Gasteiger partial charge < -0.3 is 15.5 Å². The number of benzene rings is 2. The van der Waals surface area contributed by atoms with Crippen LogP contribution < -0.4 is 10.6 Å². The van der Waals surface area contributed by atoms with Gasteiger partial charge in [-0.05, 0) is 55.3 Å². The van der Waals surface area contributed by atoms with E-state index in [4.69, 9.17) is 0 Å². The maximum atomic E-state index is 14.8. The Bertz CT molecular complexity index is 814. The molecule has 2 atom stereocenters. The Morgan fingerprint density at radius 3 is 2.34 bits per heavy atom. The van der Waals surface area contributed by atoms with Crippen molar-refractivity contribution in [2.45, 2.75) is 72.8 Å². The fourth-order valence-corrected chi connectivity index (χ4v) is 4.05. The third kappa shape index (κ3) is 7.67. The van der Waals surface area contributed by atoms with Crippen molar-refractivity contribution in [3.05, 3.63) is 83.2 Å². The lowest BCUT2D eigenvalue weighted by Crippen LogP contribution is -2.51. The molecule has 2 N–H and O–H groups in total. The minimum absolute atomic E-state index is 0. The van der Waals surface area contributed by atoms with Gasteiger partial charge in [-0.25, -0.2) is 4.39 Å². The van der Waals surface area contributed by atoms with Crippen LogP contribution in [0.2, 0.25) is 0 Å². The molecule has 0 saturated carbocycles. The second-order valence-electron chi connectivity index (χ2n) is 9.24. The maximum Gasteiger partial charge on any atom is 0.133 e. The SMILES string of the molecule is C.C=C(NCc1ccc(CCC(C)C)cc1)N(Cc1ccc(C)cc1)C1CCNCC1F. The van der Waals surface area contributed by atoms with Crippen LogP contribution in [0, 0.1) is 12.8 Å². The average Bonchev–Trinajstić information content (AvgIpc) is 2.77. The highest BCUT2D eigenvalue weighted by atomic mass is 19.1. The van der Waals surface area contributed by atoms with Gasteiger partial charge in [-0.3, -0.25) is 0 Å². The molecule has 0 amide bonds. The predicted octanol–water partition coefficient (Wildman–Crippen LogP) is 5.98. The lowest BCUT2D eigenvalue weighted by atomic mass is 10.0. The molecule has 1 saturated heterocycles. The molecule has 32 heavy (non-hydrogen) atoms. The first-order valence-electron chi connectivity index (χ1n) is 11.6. The van der Waals surface area contributed by atoms with Crippen LogP contribution in [0.3, 0.4) is 0 Å². The number of hydrogen-bond donors (Lipinski definition) is 2. The van der Waals surface area contributed by atoms with Crippen molar-refractivity contribution < 1.29 is 4.39 Å². The van der Waals surface area contributed by atoms with Gasteiger partial charge in [0.05, 0.1) is 11.9 Å². The topological polar surface area (TPSA) is 27.3 Å². The maximum absolute atomic E-state index is 14.8. The molecule has 0 aliphatic carbocycles. The zero-order chi connectivity index (χ0) is 22.2. The van der Waals surface area contributed by atoms with Gasteiger partial charge in [0.2, 0.25) is 0 Å². The zero-order valence-electron chi connectivity index (χ0n) is 19.3. The van der Waals surface area contributed by atoms with E-state index >= 15 is 0 Å². The lowest BCUT2D eigenvalue weighted by molar-refractivity contribution is 0.0997. The van der Waals surface area contributed by atoms with E-state index in [1.54, 1.807) is 0 Å². The Kier molecular flexibility index (Phi) is 10.2. The van der Waals surface area contributed by atoms with Gasteiger partial charge in [0.25, 0.3) is 0 Å². The molecule has 0 radical (unpaired) electrons. The first kappa shape index (κ1) is 25.9. The summed E-state index contributed by atoms with van der Waals surface area (Å²) < 4.78 is 14.8. The van der Waals surface area contributed by atoms with E-state index in [1.165, 1.54) is 28.7 Å². The van der Waals surface area contributed by atoms with Gasteiger partial charge in [0.1, 0.15) is 6.17 Å². The number of rotatable bonds is 10. The molecule has 3 rings (SSSR count). The minimum atomic E-state index is -0.905. The molecule has 0 bridgehead atoms. The number of alkyl halides is 1. The van der Waals surface area contributed by atoms with E-state index < -0.39 is 6.17 Å². The summed E-state index contributed by atoms with van der Waals surface area (Å²) in [6.45, 7) is 13.5. The number of nitrogens with zero attached hydrogens (tertiary/aromatic N) is 1. The molecule has 1 aliphatic rings. The third-order valence-electron chi connectivity index (χ3n) is 6.12. The molecule has 4 heteroatoms. The van der Waals surface area contributed by atoms with Crippen LogP contribution in [0.5, 0.6) is 0 Å². The van der Waals surface area contributed by atoms with Crippen molar-refractivity contribution in [3.63, 3.8) is 0 Å². The standard InChI is InChI=1S/C27H38FN3.CH4/c1-20(2)5-8-23-11-13-24(14-12-23)17-30-22(4)31(27-15-16-29-18-26(27)28)19-25-9-6-21(3)7-10-25;/h6-7,9-14,20,26-27,29-30H,4-5,8,15-19H2,1-3H3;1H4. The molecule has 2 unspecified atom stereocenters. The van der Waals surface area contributed by atoms with Crippen molar-refractivity contribution in [2.75, 3.05) is 13.1 Å². The molecule has 0 spiro atoms.